The molecule has 3 aromatic rings. The Morgan fingerprint density at radius 1 is 1.21 bits per heavy atom. The van der Waals surface area contributed by atoms with E-state index in [1.165, 1.54) is 6.20 Å². The number of oxazole rings is 1. The van der Waals surface area contributed by atoms with E-state index in [4.69, 9.17) is 20.8 Å². The summed E-state index contributed by atoms with van der Waals surface area (Å²) in [4.78, 5) is 16.2. The minimum atomic E-state index is -0.394. The summed E-state index contributed by atoms with van der Waals surface area (Å²) >= 11 is 6.06. The van der Waals surface area contributed by atoms with Gasteiger partial charge in [0.15, 0.2) is 5.76 Å². The number of rotatable bonds is 5. The molecule has 0 spiro atoms. The van der Waals surface area contributed by atoms with Gasteiger partial charge in [0.05, 0.1) is 13.3 Å². The molecule has 0 aliphatic heterocycles. The fourth-order valence-corrected chi connectivity index (χ4v) is 2.36. The van der Waals surface area contributed by atoms with Crippen molar-refractivity contribution in [1.29, 1.82) is 0 Å². The second kappa shape index (κ2) is 7.19. The van der Waals surface area contributed by atoms with Crippen molar-refractivity contribution in [2.45, 2.75) is 6.54 Å². The molecule has 1 aromatic heterocycles. The normalized spacial score (nSPS) is 10.4. The van der Waals surface area contributed by atoms with Crippen LogP contribution in [-0.4, -0.2) is 18.0 Å². The number of hydrogen-bond acceptors (Lipinski definition) is 4. The van der Waals surface area contributed by atoms with Gasteiger partial charge in [0.25, 0.3) is 5.89 Å². The lowest BCUT2D eigenvalue weighted by Gasteiger charge is -2.04. The minimum absolute atomic E-state index is 0.00729. The second-order valence-electron chi connectivity index (χ2n) is 5.03. The van der Waals surface area contributed by atoms with Crippen LogP contribution in [0.5, 0.6) is 5.75 Å². The number of methoxy groups -OCH3 is 1. The van der Waals surface area contributed by atoms with Gasteiger partial charge in [-0.15, -0.1) is 0 Å². The van der Waals surface area contributed by atoms with E-state index < -0.39 is 5.91 Å². The van der Waals surface area contributed by atoms with Crippen molar-refractivity contribution in [3.63, 3.8) is 0 Å². The number of benzene rings is 2. The smallest absolute Gasteiger partial charge is 0.307 e. The van der Waals surface area contributed by atoms with Gasteiger partial charge in [-0.05, 0) is 35.9 Å². The fraction of sp³-hybridized carbons (Fsp3) is 0.111. The first-order chi connectivity index (χ1) is 11.7. The lowest BCUT2D eigenvalue weighted by Crippen LogP contribution is -2.23. The van der Waals surface area contributed by atoms with E-state index >= 15 is 0 Å². The Morgan fingerprint density at radius 3 is 2.67 bits per heavy atom. The van der Waals surface area contributed by atoms with Crippen LogP contribution in [0, 0.1) is 0 Å². The Bertz CT molecular complexity index is 843. The van der Waals surface area contributed by atoms with Crippen molar-refractivity contribution >= 4 is 17.5 Å². The highest BCUT2D eigenvalue weighted by atomic mass is 35.5. The number of hydrogen-bond donors (Lipinski definition) is 1. The quantitative estimate of drug-likeness (QED) is 0.763. The third-order valence-electron chi connectivity index (χ3n) is 3.47. The van der Waals surface area contributed by atoms with Crippen LogP contribution < -0.4 is 10.1 Å². The van der Waals surface area contributed by atoms with Crippen LogP contribution >= 0.6 is 11.6 Å². The van der Waals surface area contributed by atoms with E-state index in [2.05, 4.69) is 10.3 Å². The van der Waals surface area contributed by atoms with Gasteiger partial charge in [0.2, 0.25) is 0 Å². The highest BCUT2D eigenvalue weighted by Gasteiger charge is 2.14. The molecule has 5 nitrogen and oxygen atoms in total. The Hall–Kier alpha value is -2.79. The summed E-state index contributed by atoms with van der Waals surface area (Å²) in [5, 5.41) is 3.34. The van der Waals surface area contributed by atoms with Gasteiger partial charge in [-0.2, -0.15) is 0 Å². The zero-order valence-corrected chi connectivity index (χ0v) is 13.7. The Balaban J connectivity index is 1.68. The van der Waals surface area contributed by atoms with Gasteiger partial charge in [0.1, 0.15) is 5.75 Å². The number of nitrogens with zero attached hydrogens (tertiary/aromatic N) is 1. The first-order valence-corrected chi connectivity index (χ1v) is 7.67. The maximum absolute atomic E-state index is 12.1. The molecule has 3 rings (SSSR count). The molecule has 2 aromatic carbocycles. The Kier molecular flexibility index (Phi) is 4.82. The van der Waals surface area contributed by atoms with Crippen molar-refractivity contribution in [2.24, 2.45) is 0 Å². The van der Waals surface area contributed by atoms with Crippen LogP contribution in [0.3, 0.4) is 0 Å². The molecule has 0 saturated heterocycles. The average molecular weight is 343 g/mol. The molecule has 0 fully saturated rings. The molecule has 0 unspecified atom stereocenters. The Morgan fingerprint density at radius 2 is 1.96 bits per heavy atom. The van der Waals surface area contributed by atoms with E-state index in [-0.39, 0.29) is 5.89 Å². The van der Waals surface area contributed by atoms with Crippen LogP contribution in [0.4, 0.5) is 0 Å². The summed E-state index contributed by atoms with van der Waals surface area (Å²) in [6.45, 7) is 0.304. The van der Waals surface area contributed by atoms with Gasteiger partial charge >= 0.3 is 5.91 Å². The van der Waals surface area contributed by atoms with Gasteiger partial charge in [-0.25, -0.2) is 4.98 Å². The number of carbonyl (C=O) groups is 1. The first kappa shape index (κ1) is 16.1. The molecule has 122 valence electrons. The molecule has 6 heteroatoms. The predicted molar refractivity (Wildman–Crippen MR) is 91.1 cm³/mol. The zero-order chi connectivity index (χ0) is 16.9. The highest BCUT2D eigenvalue weighted by Crippen LogP contribution is 2.23. The summed E-state index contributed by atoms with van der Waals surface area (Å²) in [5.41, 5.74) is 1.64. The van der Waals surface area contributed by atoms with E-state index in [0.717, 1.165) is 16.9 Å². The Labute approximate surface area is 144 Å². The maximum atomic E-state index is 12.1. The second-order valence-corrected chi connectivity index (χ2v) is 5.44. The fourth-order valence-electron chi connectivity index (χ4n) is 2.16. The van der Waals surface area contributed by atoms with Gasteiger partial charge in [-0.1, -0.05) is 29.8 Å². The summed E-state index contributed by atoms with van der Waals surface area (Å²) in [6, 6.07) is 14.6. The van der Waals surface area contributed by atoms with Crippen molar-refractivity contribution in [1.82, 2.24) is 10.3 Å². The third-order valence-corrected chi connectivity index (χ3v) is 3.84. The topological polar surface area (TPSA) is 64.4 Å². The number of amides is 1. The van der Waals surface area contributed by atoms with Crippen LogP contribution in [0.15, 0.2) is 59.1 Å². The van der Waals surface area contributed by atoms with Crippen LogP contribution in [0.2, 0.25) is 5.02 Å². The van der Waals surface area contributed by atoms with E-state index in [1.807, 2.05) is 42.5 Å². The van der Waals surface area contributed by atoms with Gasteiger partial charge < -0.3 is 14.5 Å². The molecule has 1 N–H and O–H groups in total. The maximum Gasteiger partial charge on any atom is 0.307 e. The highest BCUT2D eigenvalue weighted by molar-refractivity contribution is 6.31. The number of aromatic nitrogens is 1. The zero-order valence-electron chi connectivity index (χ0n) is 13.0. The molecule has 0 bridgehead atoms. The van der Waals surface area contributed by atoms with Crippen molar-refractivity contribution < 1.29 is 13.9 Å². The summed E-state index contributed by atoms with van der Waals surface area (Å²) in [6.07, 6.45) is 1.52. The monoisotopic (exact) mass is 342 g/mol. The van der Waals surface area contributed by atoms with Crippen molar-refractivity contribution in [3.05, 3.63) is 71.2 Å². The average Bonchev–Trinajstić information content (AvgIpc) is 3.11. The molecule has 0 aliphatic rings. The van der Waals surface area contributed by atoms with Crippen molar-refractivity contribution in [2.75, 3.05) is 7.11 Å². The molecular formula is C18H15ClN2O3. The first-order valence-electron chi connectivity index (χ1n) is 7.29. The number of halogens is 1. The number of nitrogens with one attached hydrogen (secondary N) is 1. The molecule has 0 aliphatic carbocycles. The van der Waals surface area contributed by atoms with Crippen molar-refractivity contribution in [3.8, 4) is 17.1 Å². The van der Waals surface area contributed by atoms with Gasteiger partial charge in [-0.3, -0.25) is 4.79 Å². The lowest BCUT2D eigenvalue weighted by atomic mass is 10.2. The SMILES string of the molecule is COc1ccc(-c2cnc(C(=O)NCc3ccccc3Cl)o2)cc1. The lowest BCUT2D eigenvalue weighted by molar-refractivity contribution is 0.0917. The number of ether oxygens (including phenoxy) is 1. The number of carbonyl (C=O) groups excluding carboxylic acids is 1. The minimum Gasteiger partial charge on any atom is -0.497 e. The third kappa shape index (κ3) is 3.58. The summed E-state index contributed by atoms with van der Waals surface area (Å²) < 4.78 is 10.6. The standard InChI is InChI=1S/C18H15ClN2O3/c1-23-14-8-6-12(7-9-14)16-11-21-18(24-16)17(22)20-10-13-4-2-3-5-15(13)19/h2-9,11H,10H2,1H3,(H,20,22). The molecule has 0 radical (unpaired) electrons. The largest absolute Gasteiger partial charge is 0.497 e. The van der Waals surface area contributed by atoms with E-state index in [1.54, 1.807) is 13.2 Å². The van der Waals surface area contributed by atoms with Gasteiger partial charge in [0, 0.05) is 17.1 Å². The van der Waals surface area contributed by atoms with E-state index in [0.29, 0.717) is 17.3 Å². The van der Waals surface area contributed by atoms with E-state index in [9.17, 15) is 4.79 Å². The molecule has 24 heavy (non-hydrogen) atoms. The molecular weight excluding hydrogens is 328 g/mol. The summed E-state index contributed by atoms with van der Waals surface area (Å²) in [5.74, 6) is 0.874. The van der Waals surface area contributed by atoms with Crippen LogP contribution in [-0.2, 0) is 6.54 Å². The van der Waals surface area contributed by atoms with Crippen LogP contribution in [0.25, 0.3) is 11.3 Å². The molecule has 1 heterocycles. The van der Waals surface area contributed by atoms with Crippen LogP contribution in [0.1, 0.15) is 16.2 Å². The molecule has 0 saturated carbocycles. The predicted octanol–water partition coefficient (Wildman–Crippen LogP) is 3.93. The molecule has 0 atom stereocenters. The molecule has 1 amide bonds. The summed E-state index contributed by atoms with van der Waals surface area (Å²) in [7, 11) is 1.60.